The third-order valence-electron chi connectivity index (χ3n) is 3.61. The lowest BCUT2D eigenvalue weighted by molar-refractivity contribution is -0.143. The fourth-order valence-electron chi connectivity index (χ4n) is 1.49. The van der Waals surface area contributed by atoms with Crippen LogP contribution >= 0.6 is 0 Å². The summed E-state index contributed by atoms with van der Waals surface area (Å²) in [6.07, 6.45) is 0.438. The fourth-order valence-corrected chi connectivity index (χ4v) is 1.49. The van der Waals surface area contributed by atoms with Crippen molar-refractivity contribution in [3.63, 3.8) is 0 Å². The van der Waals surface area contributed by atoms with Gasteiger partial charge in [-0.1, -0.05) is 41.5 Å². The first-order valence-corrected chi connectivity index (χ1v) is 6.55. The molecule has 0 rings (SSSR count). The van der Waals surface area contributed by atoms with Crippen LogP contribution in [0.15, 0.2) is 0 Å². The number of carboxylic acids is 1. The molecule has 0 fully saturated rings. The summed E-state index contributed by atoms with van der Waals surface area (Å²) in [6.45, 7) is 12.2. The van der Waals surface area contributed by atoms with E-state index in [-0.39, 0.29) is 29.7 Å². The molecule has 2 N–H and O–H groups in total. The number of rotatable bonds is 6. The smallest absolute Gasteiger partial charge is 0.308 e. The number of carbonyl (C=O) groups is 2. The quantitative estimate of drug-likeness (QED) is 0.768. The molecule has 18 heavy (non-hydrogen) atoms. The second-order valence-electron chi connectivity index (χ2n) is 6.46. The predicted octanol–water partition coefficient (Wildman–Crippen LogP) is 2.53. The molecule has 2 unspecified atom stereocenters. The maximum Gasteiger partial charge on any atom is 0.308 e. The summed E-state index contributed by atoms with van der Waals surface area (Å²) in [5.41, 5.74) is 0.0849. The summed E-state index contributed by atoms with van der Waals surface area (Å²) in [5.74, 6) is -1.15. The summed E-state index contributed by atoms with van der Waals surface area (Å²) >= 11 is 0. The van der Waals surface area contributed by atoms with E-state index in [0.29, 0.717) is 6.42 Å². The first-order valence-electron chi connectivity index (χ1n) is 6.55. The van der Waals surface area contributed by atoms with E-state index >= 15 is 0 Å². The van der Waals surface area contributed by atoms with Gasteiger partial charge in [-0.15, -0.1) is 0 Å². The number of hydrogen-bond donors (Lipinski definition) is 2. The number of hydrogen-bond acceptors (Lipinski definition) is 2. The van der Waals surface area contributed by atoms with Crippen molar-refractivity contribution in [2.75, 3.05) is 6.54 Å². The Morgan fingerprint density at radius 3 is 2.00 bits per heavy atom. The van der Waals surface area contributed by atoms with Crippen LogP contribution in [0, 0.1) is 23.2 Å². The highest BCUT2D eigenvalue weighted by Crippen LogP contribution is 2.27. The molecular weight excluding hydrogens is 230 g/mol. The minimum absolute atomic E-state index is 0.0165. The molecule has 0 aromatic heterocycles. The van der Waals surface area contributed by atoms with Crippen molar-refractivity contribution in [3.05, 3.63) is 0 Å². The summed E-state index contributed by atoms with van der Waals surface area (Å²) in [6, 6.07) is 0. The van der Waals surface area contributed by atoms with Gasteiger partial charge in [0, 0.05) is 13.0 Å². The number of carboxylic acid groups (broad SMARTS) is 1. The number of aliphatic carboxylic acids is 1. The van der Waals surface area contributed by atoms with Crippen LogP contribution in [0.2, 0.25) is 0 Å². The summed E-state index contributed by atoms with van der Waals surface area (Å²) < 4.78 is 0. The number of carbonyl (C=O) groups excluding carboxylic acids is 1. The van der Waals surface area contributed by atoms with Gasteiger partial charge in [0.05, 0.1) is 5.92 Å². The van der Waals surface area contributed by atoms with E-state index in [1.807, 2.05) is 20.8 Å². The SMILES string of the molecule is CC(C)C(CNC(=O)CC(C)C(C)(C)C)C(=O)O. The Kier molecular flexibility index (Phi) is 6.36. The molecule has 0 aliphatic rings. The topological polar surface area (TPSA) is 66.4 Å². The van der Waals surface area contributed by atoms with Crippen molar-refractivity contribution in [2.45, 2.75) is 48.0 Å². The average molecular weight is 257 g/mol. The van der Waals surface area contributed by atoms with E-state index in [9.17, 15) is 9.59 Å². The van der Waals surface area contributed by atoms with Crippen LogP contribution in [0.3, 0.4) is 0 Å². The first-order chi connectivity index (χ1) is 8.05. The molecule has 0 aromatic carbocycles. The molecule has 0 aliphatic heterocycles. The van der Waals surface area contributed by atoms with Gasteiger partial charge in [-0.25, -0.2) is 0 Å². The van der Waals surface area contributed by atoms with Crippen molar-refractivity contribution in [1.82, 2.24) is 5.32 Å². The third-order valence-corrected chi connectivity index (χ3v) is 3.61. The molecule has 0 saturated carbocycles. The molecule has 4 heteroatoms. The van der Waals surface area contributed by atoms with E-state index in [4.69, 9.17) is 5.11 Å². The Hall–Kier alpha value is -1.06. The van der Waals surface area contributed by atoms with Crippen molar-refractivity contribution in [3.8, 4) is 0 Å². The summed E-state index contributed by atoms with van der Waals surface area (Å²) in [5, 5.41) is 11.7. The standard InChI is InChI=1S/C14H27NO3/c1-9(2)11(13(17)18)8-15-12(16)7-10(3)14(4,5)6/h9-11H,7-8H2,1-6H3,(H,15,16)(H,17,18). The van der Waals surface area contributed by atoms with Gasteiger partial charge in [0.25, 0.3) is 0 Å². The minimum atomic E-state index is -0.853. The van der Waals surface area contributed by atoms with Gasteiger partial charge in [0.1, 0.15) is 0 Å². The number of nitrogens with one attached hydrogen (secondary N) is 1. The minimum Gasteiger partial charge on any atom is -0.481 e. The van der Waals surface area contributed by atoms with Crippen LogP contribution in [0.1, 0.15) is 48.0 Å². The van der Waals surface area contributed by atoms with Crippen LogP contribution in [-0.4, -0.2) is 23.5 Å². The lowest BCUT2D eigenvalue weighted by Gasteiger charge is -2.27. The van der Waals surface area contributed by atoms with Crippen LogP contribution < -0.4 is 5.32 Å². The highest BCUT2D eigenvalue weighted by atomic mass is 16.4. The summed E-state index contributed by atoms with van der Waals surface area (Å²) in [4.78, 5) is 22.7. The Morgan fingerprint density at radius 2 is 1.67 bits per heavy atom. The van der Waals surface area contributed by atoms with Gasteiger partial charge in [-0.3, -0.25) is 9.59 Å². The van der Waals surface area contributed by atoms with Crippen LogP contribution in [0.25, 0.3) is 0 Å². The molecule has 0 aliphatic carbocycles. The zero-order chi connectivity index (χ0) is 14.5. The molecular formula is C14H27NO3. The van der Waals surface area contributed by atoms with Gasteiger partial charge in [0.2, 0.25) is 5.91 Å². The van der Waals surface area contributed by atoms with Crippen LogP contribution in [-0.2, 0) is 9.59 Å². The third kappa shape index (κ3) is 6.03. The van der Waals surface area contributed by atoms with Gasteiger partial charge >= 0.3 is 5.97 Å². The Labute approximate surface area is 110 Å². The highest BCUT2D eigenvalue weighted by molar-refractivity contribution is 5.77. The molecule has 0 radical (unpaired) electrons. The molecule has 0 heterocycles. The molecule has 0 bridgehead atoms. The zero-order valence-electron chi connectivity index (χ0n) is 12.4. The normalized spacial score (nSPS) is 15.3. The van der Waals surface area contributed by atoms with Crippen LogP contribution in [0.5, 0.6) is 0 Å². The largest absolute Gasteiger partial charge is 0.481 e. The molecule has 4 nitrogen and oxygen atoms in total. The second-order valence-corrected chi connectivity index (χ2v) is 6.46. The van der Waals surface area contributed by atoms with Gasteiger partial charge in [0.15, 0.2) is 0 Å². The second kappa shape index (κ2) is 6.76. The van der Waals surface area contributed by atoms with Crippen LogP contribution in [0.4, 0.5) is 0 Å². The number of amides is 1. The molecule has 0 aromatic rings. The van der Waals surface area contributed by atoms with E-state index in [2.05, 4.69) is 26.1 Å². The lowest BCUT2D eigenvalue weighted by Crippen LogP contribution is -2.37. The van der Waals surface area contributed by atoms with Gasteiger partial charge < -0.3 is 10.4 Å². The van der Waals surface area contributed by atoms with Crippen molar-refractivity contribution >= 4 is 11.9 Å². The summed E-state index contributed by atoms with van der Waals surface area (Å²) in [7, 11) is 0. The average Bonchev–Trinajstić information content (AvgIpc) is 2.14. The van der Waals surface area contributed by atoms with E-state index in [0.717, 1.165) is 0 Å². The predicted molar refractivity (Wildman–Crippen MR) is 72.2 cm³/mol. The van der Waals surface area contributed by atoms with Crippen molar-refractivity contribution < 1.29 is 14.7 Å². The first kappa shape index (κ1) is 16.9. The zero-order valence-corrected chi connectivity index (χ0v) is 12.4. The van der Waals surface area contributed by atoms with Gasteiger partial charge in [-0.2, -0.15) is 0 Å². The Bertz CT molecular complexity index is 292. The van der Waals surface area contributed by atoms with E-state index in [1.165, 1.54) is 0 Å². The van der Waals surface area contributed by atoms with E-state index in [1.54, 1.807) is 0 Å². The monoisotopic (exact) mass is 257 g/mol. The Morgan fingerprint density at radius 1 is 1.17 bits per heavy atom. The molecule has 0 saturated heterocycles. The maximum atomic E-state index is 11.7. The molecule has 106 valence electrons. The molecule has 2 atom stereocenters. The lowest BCUT2D eigenvalue weighted by atomic mass is 9.80. The molecule has 1 amide bonds. The highest BCUT2D eigenvalue weighted by Gasteiger charge is 2.25. The van der Waals surface area contributed by atoms with E-state index < -0.39 is 11.9 Å². The molecule has 0 spiro atoms. The van der Waals surface area contributed by atoms with Crippen molar-refractivity contribution in [2.24, 2.45) is 23.2 Å². The van der Waals surface area contributed by atoms with Crippen molar-refractivity contribution in [1.29, 1.82) is 0 Å². The Balaban J connectivity index is 4.22. The van der Waals surface area contributed by atoms with Gasteiger partial charge in [-0.05, 0) is 17.3 Å². The fraction of sp³-hybridized carbons (Fsp3) is 0.857. The maximum absolute atomic E-state index is 11.7.